The van der Waals surface area contributed by atoms with Crippen molar-refractivity contribution >= 4 is 11.9 Å². The Morgan fingerprint density at radius 1 is 1.35 bits per heavy atom. The number of carbonyl (C=O) groups excluding carboxylic acids is 2. The summed E-state index contributed by atoms with van der Waals surface area (Å²) in [5.74, 6) is 0.390. The van der Waals surface area contributed by atoms with Gasteiger partial charge in [0.1, 0.15) is 0 Å². The van der Waals surface area contributed by atoms with E-state index in [1.54, 1.807) is 0 Å². The maximum Gasteiger partial charge on any atom is 0.318 e. The van der Waals surface area contributed by atoms with Crippen LogP contribution in [0.1, 0.15) is 39.0 Å². The lowest BCUT2D eigenvalue weighted by Crippen LogP contribution is -2.42. The van der Waals surface area contributed by atoms with E-state index in [-0.39, 0.29) is 5.91 Å². The van der Waals surface area contributed by atoms with Crippen LogP contribution in [0, 0.1) is 5.92 Å². The molecule has 0 saturated heterocycles. The maximum absolute atomic E-state index is 11.3. The van der Waals surface area contributed by atoms with Crippen molar-refractivity contribution < 1.29 is 9.59 Å². The Bertz CT molecular complexity index is 281. The number of amides is 3. The first-order chi connectivity index (χ1) is 8.00. The van der Waals surface area contributed by atoms with E-state index in [9.17, 15) is 9.59 Å². The van der Waals surface area contributed by atoms with E-state index in [1.807, 2.05) is 7.05 Å². The lowest BCUT2D eigenvalue weighted by molar-refractivity contribution is -0.120. The highest BCUT2D eigenvalue weighted by molar-refractivity contribution is 5.93. The van der Waals surface area contributed by atoms with Gasteiger partial charge in [0.2, 0.25) is 5.91 Å². The van der Waals surface area contributed by atoms with Crippen LogP contribution in [-0.4, -0.2) is 36.5 Å². The Morgan fingerprint density at radius 3 is 2.59 bits per heavy atom. The van der Waals surface area contributed by atoms with E-state index in [4.69, 9.17) is 5.73 Å². The molecule has 3 amide bonds. The fourth-order valence-electron chi connectivity index (χ4n) is 2.60. The highest BCUT2D eigenvalue weighted by atomic mass is 16.2. The fraction of sp³-hybridized carbons (Fsp3) is 0.833. The lowest BCUT2D eigenvalue weighted by Gasteiger charge is -2.36. The van der Waals surface area contributed by atoms with Crippen molar-refractivity contribution in [2.24, 2.45) is 11.7 Å². The second kappa shape index (κ2) is 6.59. The predicted molar refractivity (Wildman–Crippen MR) is 66.4 cm³/mol. The summed E-state index contributed by atoms with van der Waals surface area (Å²) in [6.45, 7) is 2.94. The second-order valence-corrected chi connectivity index (χ2v) is 4.97. The Balaban J connectivity index is 2.30. The van der Waals surface area contributed by atoms with Crippen molar-refractivity contribution in [3.8, 4) is 0 Å². The first kappa shape index (κ1) is 14.0. The van der Waals surface area contributed by atoms with E-state index in [1.165, 1.54) is 25.7 Å². The minimum Gasteiger partial charge on any atom is -0.351 e. The molecule has 5 heteroatoms. The molecule has 0 radical (unpaired) electrons. The zero-order valence-electron chi connectivity index (χ0n) is 10.7. The van der Waals surface area contributed by atoms with Crippen LogP contribution in [0.25, 0.3) is 0 Å². The molecule has 0 aromatic rings. The normalized spacial score (nSPS) is 24.6. The number of nitrogens with one attached hydrogen (secondary N) is 1. The van der Waals surface area contributed by atoms with Crippen molar-refractivity contribution in [1.82, 2.24) is 10.2 Å². The molecule has 1 fully saturated rings. The number of carbonyl (C=O) groups is 2. The van der Waals surface area contributed by atoms with E-state index in [0.29, 0.717) is 24.9 Å². The average molecular weight is 241 g/mol. The van der Waals surface area contributed by atoms with Crippen LogP contribution in [0.15, 0.2) is 0 Å². The van der Waals surface area contributed by atoms with E-state index < -0.39 is 6.03 Å². The number of rotatable bonds is 4. The van der Waals surface area contributed by atoms with Crippen molar-refractivity contribution in [2.75, 3.05) is 13.6 Å². The van der Waals surface area contributed by atoms with E-state index in [0.717, 1.165) is 0 Å². The summed E-state index contributed by atoms with van der Waals surface area (Å²) in [7, 11) is 2.05. The number of nitrogens with two attached hydrogens (primary N) is 1. The summed E-state index contributed by atoms with van der Waals surface area (Å²) in [6, 6.07) is -0.214. The number of imide groups is 1. The number of urea groups is 1. The van der Waals surface area contributed by atoms with Gasteiger partial charge in [0, 0.05) is 19.0 Å². The molecule has 5 nitrogen and oxygen atoms in total. The third-order valence-corrected chi connectivity index (χ3v) is 3.59. The number of hydrogen-bond donors (Lipinski definition) is 2. The highest BCUT2D eigenvalue weighted by Gasteiger charge is 2.24. The molecule has 2 atom stereocenters. The number of nitrogens with zero attached hydrogens (tertiary/aromatic N) is 1. The first-order valence-corrected chi connectivity index (χ1v) is 6.30. The molecule has 0 heterocycles. The SMILES string of the molecule is C[C@H]1CCCC[C@H]1N(C)CCC(=O)NC(N)=O. The second-order valence-electron chi connectivity index (χ2n) is 4.97. The van der Waals surface area contributed by atoms with Gasteiger partial charge in [-0.3, -0.25) is 10.1 Å². The summed E-state index contributed by atoms with van der Waals surface area (Å²) in [4.78, 5) is 24.0. The van der Waals surface area contributed by atoms with Crippen LogP contribution in [0.5, 0.6) is 0 Å². The largest absolute Gasteiger partial charge is 0.351 e. The topological polar surface area (TPSA) is 75.4 Å². The molecule has 0 aliphatic heterocycles. The van der Waals surface area contributed by atoms with Crippen molar-refractivity contribution in [1.29, 1.82) is 0 Å². The van der Waals surface area contributed by atoms with Gasteiger partial charge >= 0.3 is 6.03 Å². The predicted octanol–water partition coefficient (Wildman–Crippen LogP) is 1.08. The van der Waals surface area contributed by atoms with Crippen LogP contribution in [-0.2, 0) is 4.79 Å². The van der Waals surface area contributed by atoms with Crippen molar-refractivity contribution in [3.05, 3.63) is 0 Å². The molecule has 1 aliphatic carbocycles. The zero-order valence-corrected chi connectivity index (χ0v) is 10.7. The minimum atomic E-state index is -0.774. The Kier molecular flexibility index (Phi) is 5.41. The van der Waals surface area contributed by atoms with Gasteiger partial charge in [-0.1, -0.05) is 19.8 Å². The van der Waals surface area contributed by atoms with Crippen molar-refractivity contribution in [2.45, 2.75) is 45.1 Å². The fourth-order valence-corrected chi connectivity index (χ4v) is 2.60. The molecule has 17 heavy (non-hydrogen) atoms. The monoisotopic (exact) mass is 241 g/mol. The summed E-state index contributed by atoms with van der Waals surface area (Å²) in [5.41, 5.74) is 4.88. The molecule has 1 rings (SSSR count). The summed E-state index contributed by atoms with van der Waals surface area (Å²) in [5, 5.41) is 2.09. The van der Waals surface area contributed by atoms with Gasteiger partial charge in [-0.2, -0.15) is 0 Å². The molecular formula is C12H23N3O2. The molecule has 1 aliphatic rings. The van der Waals surface area contributed by atoms with E-state index >= 15 is 0 Å². The van der Waals surface area contributed by atoms with Gasteiger partial charge < -0.3 is 10.6 Å². The van der Waals surface area contributed by atoms with Crippen molar-refractivity contribution in [3.63, 3.8) is 0 Å². The smallest absolute Gasteiger partial charge is 0.318 e. The first-order valence-electron chi connectivity index (χ1n) is 6.30. The van der Waals surface area contributed by atoms with Crippen LogP contribution < -0.4 is 11.1 Å². The molecule has 0 aromatic heterocycles. The third kappa shape index (κ3) is 4.73. The van der Waals surface area contributed by atoms with Gasteiger partial charge in [-0.25, -0.2) is 4.79 Å². The molecule has 0 bridgehead atoms. The quantitative estimate of drug-likeness (QED) is 0.773. The summed E-state index contributed by atoms with van der Waals surface area (Å²) in [6.07, 6.45) is 5.38. The third-order valence-electron chi connectivity index (χ3n) is 3.59. The van der Waals surface area contributed by atoms with Gasteiger partial charge in [0.15, 0.2) is 0 Å². The van der Waals surface area contributed by atoms with Gasteiger partial charge in [-0.15, -0.1) is 0 Å². The molecule has 98 valence electrons. The standard InChI is InChI=1S/C12H23N3O2/c1-9-5-3-4-6-10(9)15(2)8-7-11(16)14-12(13)17/h9-10H,3-8H2,1-2H3,(H3,13,14,16,17)/t9-,10+/m0/s1. The molecular weight excluding hydrogens is 218 g/mol. The highest BCUT2D eigenvalue weighted by Crippen LogP contribution is 2.27. The Hall–Kier alpha value is -1.10. The number of hydrogen-bond acceptors (Lipinski definition) is 3. The van der Waals surface area contributed by atoms with Crippen LogP contribution >= 0.6 is 0 Å². The van der Waals surface area contributed by atoms with E-state index in [2.05, 4.69) is 17.1 Å². The molecule has 3 N–H and O–H groups in total. The molecule has 0 unspecified atom stereocenters. The Labute approximate surface area is 103 Å². The maximum atomic E-state index is 11.3. The molecule has 0 spiro atoms. The van der Waals surface area contributed by atoms with Crippen LogP contribution in [0.2, 0.25) is 0 Å². The molecule has 1 saturated carbocycles. The van der Waals surface area contributed by atoms with Crippen LogP contribution in [0.4, 0.5) is 4.79 Å². The van der Waals surface area contributed by atoms with Gasteiger partial charge in [-0.05, 0) is 25.8 Å². The van der Waals surface area contributed by atoms with Gasteiger partial charge in [0.25, 0.3) is 0 Å². The zero-order chi connectivity index (χ0) is 12.8. The molecule has 0 aromatic carbocycles. The number of primary amides is 1. The van der Waals surface area contributed by atoms with Gasteiger partial charge in [0.05, 0.1) is 0 Å². The summed E-state index contributed by atoms with van der Waals surface area (Å²) >= 11 is 0. The minimum absolute atomic E-state index is 0.298. The Morgan fingerprint density at radius 2 is 2.00 bits per heavy atom. The summed E-state index contributed by atoms with van der Waals surface area (Å²) < 4.78 is 0. The lowest BCUT2D eigenvalue weighted by atomic mass is 9.85. The average Bonchev–Trinajstić information content (AvgIpc) is 2.25. The van der Waals surface area contributed by atoms with Crippen LogP contribution in [0.3, 0.4) is 0 Å².